The quantitative estimate of drug-likeness (QED) is 0.829. The van der Waals surface area contributed by atoms with E-state index in [2.05, 4.69) is 10.3 Å². The summed E-state index contributed by atoms with van der Waals surface area (Å²) in [5.74, 6) is -1.05. The molecule has 0 radical (unpaired) electrons. The van der Waals surface area contributed by atoms with E-state index in [-0.39, 0.29) is 6.04 Å². The molecule has 0 aliphatic carbocycles. The molecular formula is C11H14N4O2. The summed E-state index contributed by atoms with van der Waals surface area (Å²) in [6.07, 6.45) is 0. The van der Waals surface area contributed by atoms with Crippen molar-refractivity contribution < 1.29 is 9.90 Å². The number of carboxylic acids is 1. The van der Waals surface area contributed by atoms with Crippen molar-refractivity contribution in [2.75, 3.05) is 0 Å². The number of aliphatic carboxylic acids is 1. The Kier molecular flexibility index (Phi) is 2.81. The molecule has 2 aromatic rings. The van der Waals surface area contributed by atoms with E-state index in [1.165, 1.54) is 0 Å². The number of nitrogens with two attached hydrogens (primary N) is 1. The molecule has 0 amide bonds. The third-order valence-corrected chi connectivity index (χ3v) is 2.61. The van der Waals surface area contributed by atoms with E-state index >= 15 is 0 Å². The normalized spacial score (nSPS) is 13.2. The van der Waals surface area contributed by atoms with Crippen LogP contribution in [-0.4, -0.2) is 26.1 Å². The van der Waals surface area contributed by atoms with E-state index in [0.717, 1.165) is 11.0 Å². The lowest BCUT2D eigenvalue weighted by atomic mass is 10.1. The molecule has 0 aliphatic rings. The Bertz CT molecular complexity index is 562. The number of fused-ring (bicyclic) bond motifs is 1. The van der Waals surface area contributed by atoms with E-state index in [1.54, 1.807) is 22.9 Å². The summed E-state index contributed by atoms with van der Waals surface area (Å²) >= 11 is 0. The largest absolute Gasteiger partial charge is 0.480 e. The fraction of sp³-hybridized carbons (Fsp3) is 0.364. The first kappa shape index (κ1) is 11.5. The fourth-order valence-corrected chi connectivity index (χ4v) is 1.67. The van der Waals surface area contributed by atoms with Crippen molar-refractivity contribution in [3.63, 3.8) is 0 Å². The molecule has 6 heteroatoms. The Labute approximate surface area is 98.0 Å². The van der Waals surface area contributed by atoms with Gasteiger partial charge >= 0.3 is 5.97 Å². The molecule has 0 fully saturated rings. The molecule has 2 rings (SSSR count). The van der Waals surface area contributed by atoms with Crippen molar-refractivity contribution in [2.45, 2.75) is 25.9 Å². The lowest BCUT2D eigenvalue weighted by molar-refractivity contribution is -0.138. The molecule has 0 spiro atoms. The Hall–Kier alpha value is -1.95. The van der Waals surface area contributed by atoms with Crippen LogP contribution in [0, 0.1) is 0 Å². The standard InChI is InChI=1S/C11H14N4O2/c1-6(2)15-9-5-7(10(12)11(16)17)3-4-8(9)13-14-15/h3-6,10H,12H2,1-2H3,(H,16,17). The number of hydrogen-bond acceptors (Lipinski definition) is 4. The number of benzene rings is 1. The molecule has 17 heavy (non-hydrogen) atoms. The molecule has 1 unspecified atom stereocenters. The maximum absolute atomic E-state index is 10.8. The second-order valence-electron chi connectivity index (χ2n) is 4.19. The SMILES string of the molecule is CC(C)n1nnc2ccc(C(N)C(=O)O)cc21. The topological polar surface area (TPSA) is 94.0 Å². The first-order valence-electron chi connectivity index (χ1n) is 5.34. The molecule has 0 saturated carbocycles. The molecule has 0 saturated heterocycles. The van der Waals surface area contributed by atoms with Gasteiger partial charge in [-0.25, -0.2) is 4.68 Å². The maximum atomic E-state index is 10.8. The van der Waals surface area contributed by atoms with E-state index in [4.69, 9.17) is 10.8 Å². The number of aromatic nitrogens is 3. The van der Waals surface area contributed by atoms with Gasteiger partial charge in [0.1, 0.15) is 11.6 Å². The van der Waals surface area contributed by atoms with Crippen molar-refractivity contribution >= 4 is 17.0 Å². The van der Waals surface area contributed by atoms with E-state index in [0.29, 0.717) is 5.56 Å². The second-order valence-corrected chi connectivity index (χ2v) is 4.19. The van der Waals surface area contributed by atoms with Crippen molar-refractivity contribution in [1.29, 1.82) is 0 Å². The molecule has 6 nitrogen and oxygen atoms in total. The van der Waals surface area contributed by atoms with Crippen LogP contribution >= 0.6 is 0 Å². The highest BCUT2D eigenvalue weighted by Crippen LogP contribution is 2.20. The Morgan fingerprint density at radius 2 is 2.18 bits per heavy atom. The van der Waals surface area contributed by atoms with Crippen LogP contribution in [0.15, 0.2) is 18.2 Å². The van der Waals surface area contributed by atoms with Gasteiger partial charge in [0.2, 0.25) is 0 Å². The maximum Gasteiger partial charge on any atom is 0.325 e. The van der Waals surface area contributed by atoms with Crippen LogP contribution < -0.4 is 5.73 Å². The second kappa shape index (κ2) is 4.14. The van der Waals surface area contributed by atoms with Gasteiger partial charge in [0.05, 0.1) is 5.52 Å². The van der Waals surface area contributed by atoms with Gasteiger partial charge in [0.15, 0.2) is 0 Å². The average Bonchev–Trinajstić information content (AvgIpc) is 2.70. The molecule has 90 valence electrons. The van der Waals surface area contributed by atoms with Crippen molar-refractivity contribution in [3.8, 4) is 0 Å². The van der Waals surface area contributed by atoms with Crippen LogP contribution in [0.1, 0.15) is 31.5 Å². The summed E-state index contributed by atoms with van der Waals surface area (Å²) in [6, 6.07) is 4.28. The average molecular weight is 234 g/mol. The summed E-state index contributed by atoms with van der Waals surface area (Å²) < 4.78 is 1.74. The van der Waals surface area contributed by atoms with E-state index in [1.807, 2.05) is 13.8 Å². The lowest BCUT2D eigenvalue weighted by Crippen LogP contribution is -2.20. The zero-order chi connectivity index (χ0) is 12.6. The summed E-state index contributed by atoms with van der Waals surface area (Å²) in [5, 5.41) is 16.9. The van der Waals surface area contributed by atoms with Gasteiger partial charge in [-0.05, 0) is 31.5 Å². The predicted octanol–water partition coefficient (Wildman–Crippen LogP) is 1.10. The lowest BCUT2D eigenvalue weighted by Gasteiger charge is -2.09. The Morgan fingerprint density at radius 3 is 2.76 bits per heavy atom. The predicted molar refractivity (Wildman–Crippen MR) is 62.5 cm³/mol. The van der Waals surface area contributed by atoms with Gasteiger partial charge in [-0.2, -0.15) is 0 Å². The van der Waals surface area contributed by atoms with Gasteiger partial charge in [0.25, 0.3) is 0 Å². The van der Waals surface area contributed by atoms with Crippen LogP contribution in [0.5, 0.6) is 0 Å². The number of carboxylic acid groups (broad SMARTS) is 1. The van der Waals surface area contributed by atoms with Crippen LogP contribution in [0.2, 0.25) is 0 Å². The zero-order valence-corrected chi connectivity index (χ0v) is 9.66. The third kappa shape index (κ3) is 1.99. The smallest absolute Gasteiger partial charge is 0.325 e. The Balaban J connectivity index is 2.55. The first-order valence-corrected chi connectivity index (χ1v) is 5.34. The minimum absolute atomic E-state index is 0.163. The summed E-state index contributed by atoms with van der Waals surface area (Å²) in [4.78, 5) is 10.8. The van der Waals surface area contributed by atoms with Crippen LogP contribution in [0.25, 0.3) is 11.0 Å². The molecule has 1 aromatic carbocycles. The van der Waals surface area contributed by atoms with Crippen LogP contribution in [0.4, 0.5) is 0 Å². The number of carbonyl (C=O) groups is 1. The fourth-order valence-electron chi connectivity index (χ4n) is 1.67. The van der Waals surface area contributed by atoms with Crippen LogP contribution in [-0.2, 0) is 4.79 Å². The van der Waals surface area contributed by atoms with Gasteiger partial charge in [0, 0.05) is 6.04 Å². The molecule has 3 N–H and O–H groups in total. The highest BCUT2D eigenvalue weighted by molar-refractivity contribution is 5.80. The van der Waals surface area contributed by atoms with Crippen molar-refractivity contribution in [3.05, 3.63) is 23.8 Å². The zero-order valence-electron chi connectivity index (χ0n) is 9.66. The molecule has 0 bridgehead atoms. The van der Waals surface area contributed by atoms with Gasteiger partial charge in [-0.15, -0.1) is 5.10 Å². The minimum Gasteiger partial charge on any atom is -0.480 e. The van der Waals surface area contributed by atoms with Gasteiger partial charge in [-0.3, -0.25) is 4.79 Å². The van der Waals surface area contributed by atoms with E-state index in [9.17, 15) is 4.79 Å². The third-order valence-electron chi connectivity index (χ3n) is 2.61. The monoisotopic (exact) mass is 234 g/mol. The highest BCUT2D eigenvalue weighted by Gasteiger charge is 2.16. The highest BCUT2D eigenvalue weighted by atomic mass is 16.4. The van der Waals surface area contributed by atoms with E-state index < -0.39 is 12.0 Å². The molecule has 1 heterocycles. The molecular weight excluding hydrogens is 220 g/mol. The Morgan fingerprint density at radius 1 is 1.47 bits per heavy atom. The number of nitrogens with zero attached hydrogens (tertiary/aromatic N) is 3. The molecule has 0 aliphatic heterocycles. The number of rotatable bonds is 3. The van der Waals surface area contributed by atoms with Crippen LogP contribution in [0.3, 0.4) is 0 Å². The minimum atomic E-state index is -1.05. The summed E-state index contributed by atoms with van der Waals surface area (Å²) in [7, 11) is 0. The van der Waals surface area contributed by atoms with Crippen molar-refractivity contribution in [1.82, 2.24) is 15.0 Å². The summed E-state index contributed by atoms with van der Waals surface area (Å²) in [6.45, 7) is 3.97. The molecule has 1 aromatic heterocycles. The molecule has 1 atom stereocenters. The number of hydrogen-bond donors (Lipinski definition) is 2. The summed E-state index contributed by atoms with van der Waals surface area (Å²) in [5.41, 5.74) is 7.66. The van der Waals surface area contributed by atoms with Crippen molar-refractivity contribution in [2.24, 2.45) is 5.73 Å². The first-order chi connectivity index (χ1) is 8.00. The van der Waals surface area contributed by atoms with Gasteiger partial charge in [-0.1, -0.05) is 11.3 Å². The van der Waals surface area contributed by atoms with Gasteiger partial charge < -0.3 is 10.8 Å².